The highest BCUT2D eigenvalue weighted by atomic mass is 14.3. The highest BCUT2D eigenvalue weighted by Gasteiger charge is 2.27. The molecule has 0 radical (unpaired) electrons. The second-order valence-electron chi connectivity index (χ2n) is 5.45. The predicted molar refractivity (Wildman–Crippen MR) is 64.5 cm³/mol. The summed E-state index contributed by atoms with van der Waals surface area (Å²) in [7, 11) is 0. The summed E-state index contributed by atoms with van der Waals surface area (Å²) in [5.41, 5.74) is 3.96. The Morgan fingerprint density at radius 1 is 1.21 bits per heavy atom. The lowest BCUT2D eigenvalue weighted by molar-refractivity contribution is 0.351. The molecule has 0 aliphatic heterocycles. The van der Waals surface area contributed by atoms with Crippen LogP contribution in [0.5, 0.6) is 0 Å². The van der Waals surface area contributed by atoms with Crippen LogP contribution in [0.4, 0.5) is 0 Å². The highest BCUT2D eigenvalue weighted by Crippen LogP contribution is 2.42. The molecule has 0 heterocycles. The first-order valence-electron chi connectivity index (χ1n) is 6.27. The molecule has 0 amide bonds. The Morgan fingerprint density at radius 2 is 1.93 bits per heavy atom. The number of allylic oxidation sites excluding steroid dienone is 2. The van der Waals surface area contributed by atoms with Gasteiger partial charge in [-0.05, 0) is 44.4 Å². The van der Waals surface area contributed by atoms with Crippen molar-refractivity contribution >= 4 is 0 Å². The summed E-state index contributed by atoms with van der Waals surface area (Å²) in [6.45, 7) is 9.49. The first-order chi connectivity index (χ1) is 6.58. The Balaban J connectivity index is 2.60. The van der Waals surface area contributed by atoms with Crippen LogP contribution in [0.2, 0.25) is 0 Å². The lowest BCUT2D eigenvalue weighted by Gasteiger charge is -2.34. The van der Waals surface area contributed by atoms with E-state index in [9.17, 15) is 0 Å². The van der Waals surface area contributed by atoms with E-state index in [1.54, 1.807) is 11.1 Å². The first kappa shape index (κ1) is 11.8. The van der Waals surface area contributed by atoms with Gasteiger partial charge in [-0.3, -0.25) is 0 Å². The molecule has 0 aromatic rings. The maximum absolute atomic E-state index is 2.43. The van der Waals surface area contributed by atoms with Gasteiger partial charge in [0.1, 0.15) is 0 Å². The fourth-order valence-electron chi connectivity index (χ4n) is 2.78. The van der Waals surface area contributed by atoms with Crippen molar-refractivity contribution in [3.05, 3.63) is 11.1 Å². The molecule has 0 spiro atoms. The van der Waals surface area contributed by atoms with Gasteiger partial charge in [-0.2, -0.15) is 0 Å². The topological polar surface area (TPSA) is 0 Å². The van der Waals surface area contributed by atoms with Crippen molar-refractivity contribution in [2.45, 2.75) is 72.6 Å². The van der Waals surface area contributed by atoms with Crippen LogP contribution in [0, 0.1) is 5.41 Å². The number of hydrogen-bond acceptors (Lipinski definition) is 0. The minimum atomic E-state index is 0.496. The lowest BCUT2D eigenvalue weighted by Crippen LogP contribution is -2.20. The molecule has 0 bridgehead atoms. The number of hydrogen-bond donors (Lipinski definition) is 0. The van der Waals surface area contributed by atoms with Crippen LogP contribution >= 0.6 is 0 Å². The van der Waals surface area contributed by atoms with Crippen molar-refractivity contribution in [1.29, 1.82) is 0 Å². The van der Waals surface area contributed by atoms with Gasteiger partial charge in [-0.15, -0.1) is 0 Å². The van der Waals surface area contributed by atoms with Gasteiger partial charge in [0.15, 0.2) is 0 Å². The third-order valence-corrected chi connectivity index (χ3v) is 3.72. The molecule has 0 N–H and O–H groups in total. The lowest BCUT2D eigenvalue weighted by atomic mass is 9.71. The summed E-state index contributed by atoms with van der Waals surface area (Å²) in [5, 5.41) is 0. The molecule has 14 heavy (non-hydrogen) atoms. The van der Waals surface area contributed by atoms with E-state index in [1.807, 2.05) is 0 Å². The normalized spacial score (nSPS) is 21.4. The summed E-state index contributed by atoms with van der Waals surface area (Å²) >= 11 is 0. The second-order valence-corrected chi connectivity index (χ2v) is 5.45. The molecular weight excluding hydrogens is 168 g/mol. The quantitative estimate of drug-likeness (QED) is 0.432. The minimum absolute atomic E-state index is 0.496. The Hall–Kier alpha value is -0.260. The monoisotopic (exact) mass is 194 g/mol. The van der Waals surface area contributed by atoms with Crippen LogP contribution in [0.15, 0.2) is 11.1 Å². The van der Waals surface area contributed by atoms with Crippen LogP contribution < -0.4 is 0 Å². The fourth-order valence-corrected chi connectivity index (χ4v) is 2.78. The van der Waals surface area contributed by atoms with Crippen LogP contribution in [-0.2, 0) is 0 Å². The largest absolute Gasteiger partial charge is 0.0736 e. The SMILES string of the molecule is CCCCCC1=C(C)CCCC1(C)C. The zero-order valence-corrected chi connectivity index (χ0v) is 10.4. The molecule has 82 valence electrons. The molecule has 0 heteroatoms. The fraction of sp³-hybridized carbons (Fsp3) is 0.857. The summed E-state index contributed by atoms with van der Waals surface area (Å²) in [5.74, 6) is 0. The molecule has 0 nitrogen and oxygen atoms in total. The average molecular weight is 194 g/mol. The first-order valence-corrected chi connectivity index (χ1v) is 6.27. The molecule has 1 rings (SSSR count). The minimum Gasteiger partial charge on any atom is -0.0736 e. The van der Waals surface area contributed by atoms with Crippen LogP contribution in [-0.4, -0.2) is 0 Å². The predicted octanol–water partition coefficient (Wildman–Crippen LogP) is 5.09. The molecule has 0 atom stereocenters. The summed E-state index contributed by atoms with van der Waals surface area (Å²) in [6, 6.07) is 0. The third-order valence-electron chi connectivity index (χ3n) is 3.72. The van der Waals surface area contributed by atoms with Gasteiger partial charge in [0.05, 0.1) is 0 Å². The maximum atomic E-state index is 2.43. The van der Waals surface area contributed by atoms with Crippen LogP contribution in [0.3, 0.4) is 0 Å². The van der Waals surface area contributed by atoms with Crippen molar-refractivity contribution in [2.75, 3.05) is 0 Å². The van der Waals surface area contributed by atoms with Crippen LogP contribution in [0.1, 0.15) is 72.6 Å². The molecule has 0 aromatic carbocycles. The summed E-state index contributed by atoms with van der Waals surface area (Å²) in [6.07, 6.45) is 9.63. The van der Waals surface area contributed by atoms with Gasteiger partial charge in [-0.1, -0.05) is 44.8 Å². The van der Waals surface area contributed by atoms with E-state index in [1.165, 1.54) is 44.9 Å². The molecule has 1 aliphatic carbocycles. The van der Waals surface area contributed by atoms with E-state index in [0.29, 0.717) is 5.41 Å². The Labute approximate surface area is 89.8 Å². The summed E-state index contributed by atoms with van der Waals surface area (Å²) < 4.78 is 0. The third kappa shape index (κ3) is 2.87. The smallest absolute Gasteiger partial charge is 0.0142 e. The Morgan fingerprint density at radius 3 is 2.50 bits per heavy atom. The van der Waals surface area contributed by atoms with Crippen molar-refractivity contribution in [3.8, 4) is 0 Å². The molecule has 1 aliphatic rings. The Kier molecular flexibility index (Phi) is 4.22. The molecule has 0 unspecified atom stereocenters. The van der Waals surface area contributed by atoms with E-state index in [-0.39, 0.29) is 0 Å². The highest BCUT2D eigenvalue weighted by molar-refractivity contribution is 5.22. The van der Waals surface area contributed by atoms with E-state index in [4.69, 9.17) is 0 Å². The zero-order chi connectivity index (χ0) is 10.6. The van der Waals surface area contributed by atoms with E-state index >= 15 is 0 Å². The van der Waals surface area contributed by atoms with Gasteiger partial charge in [0, 0.05) is 0 Å². The van der Waals surface area contributed by atoms with Crippen molar-refractivity contribution in [2.24, 2.45) is 5.41 Å². The maximum Gasteiger partial charge on any atom is -0.0142 e. The van der Waals surface area contributed by atoms with E-state index in [2.05, 4.69) is 27.7 Å². The molecule has 0 saturated carbocycles. The van der Waals surface area contributed by atoms with Gasteiger partial charge >= 0.3 is 0 Å². The van der Waals surface area contributed by atoms with Gasteiger partial charge in [0.25, 0.3) is 0 Å². The molecule has 0 fully saturated rings. The molecular formula is C14H26. The second kappa shape index (κ2) is 5.00. The average Bonchev–Trinajstić information content (AvgIpc) is 2.09. The van der Waals surface area contributed by atoms with Gasteiger partial charge in [0.2, 0.25) is 0 Å². The van der Waals surface area contributed by atoms with Crippen LogP contribution in [0.25, 0.3) is 0 Å². The number of unbranched alkanes of at least 4 members (excludes halogenated alkanes) is 2. The van der Waals surface area contributed by atoms with E-state index in [0.717, 1.165) is 0 Å². The zero-order valence-electron chi connectivity index (χ0n) is 10.4. The van der Waals surface area contributed by atoms with Gasteiger partial charge < -0.3 is 0 Å². The number of rotatable bonds is 4. The van der Waals surface area contributed by atoms with E-state index < -0.39 is 0 Å². The standard InChI is InChI=1S/C14H26/c1-5-6-7-10-13-12(2)9-8-11-14(13,3)4/h5-11H2,1-4H3. The molecule has 0 aromatic heterocycles. The van der Waals surface area contributed by atoms with Crippen molar-refractivity contribution in [1.82, 2.24) is 0 Å². The van der Waals surface area contributed by atoms with Crippen molar-refractivity contribution < 1.29 is 0 Å². The van der Waals surface area contributed by atoms with Crippen molar-refractivity contribution in [3.63, 3.8) is 0 Å². The summed E-state index contributed by atoms with van der Waals surface area (Å²) in [4.78, 5) is 0. The molecule has 0 saturated heterocycles. The Bertz CT molecular complexity index is 208. The van der Waals surface area contributed by atoms with Gasteiger partial charge in [-0.25, -0.2) is 0 Å².